The van der Waals surface area contributed by atoms with Gasteiger partial charge in [-0.3, -0.25) is 0 Å². The number of rotatable bonds is 8. The Morgan fingerprint density at radius 1 is 0.500 bits per heavy atom. The zero-order chi connectivity index (χ0) is 29.4. The van der Waals surface area contributed by atoms with Crippen molar-refractivity contribution in [2.24, 2.45) is 0 Å². The second kappa shape index (κ2) is 11.2. The van der Waals surface area contributed by atoms with Gasteiger partial charge in [0, 0.05) is 60.5 Å². The van der Waals surface area contributed by atoms with Crippen molar-refractivity contribution in [1.29, 1.82) is 0 Å². The molecule has 0 spiro atoms. The predicted octanol–water partition coefficient (Wildman–Crippen LogP) is 8.08. The highest BCUT2D eigenvalue weighted by molar-refractivity contribution is 6.05. The molecule has 0 saturated carbocycles. The highest BCUT2D eigenvalue weighted by Crippen LogP contribution is 2.35. The third-order valence-corrected chi connectivity index (χ3v) is 8.20. The molecule has 0 N–H and O–H groups in total. The molecule has 4 aromatic carbocycles. The van der Waals surface area contributed by atoms with Crippen LogP contribution in [0.25, 0.3) is 55.0 Å². The Balaban J connectivity index is 1.47. The largest absolute Gasteiger partial charge is 0.422 e. The van der Waals surface area contributed by atoms with E-state index in [1.54, 1.807) is 0 Å². The lowest BCUT2D eigenvalue weighted by atomic mass is 9.93. The molecule has 2 aromatic heterocycles. The molecule has 42 heavy (non-hydrogen) atoms. The molecular weight excluding hydrogens is 524 g/mol. The molecule has 6 aromatic rings. The standard InChI is InChI=1S/C36H34N2O4/c1-5-37(6-2)25-17-15-23-19-31(35(39)41-33(23)21-25)29-13-9-12-28-27(29)11-10-14-30(28)32-20-24-16-18-26(38(7-3)8-4)22-34(24)42-36(32)40/h9-22H,5-8H2,1-4H3. The molecule has 6 heteroatoms. The van der Waals surface area contributed by atoms with Crippen molar-refractivity contribution in [2.45, 2.75) is 27.7 Å². The fourth-order valence-electron chi connectivity index (χ4n) is 5.93. The van der Waals surface area contributed by atoms with E-state index in [0.717, 1.165) is 70.2 Å². The van der Waals surface area contributed by atoms with Gasteiger partial charge in [-0.1, -0.05) is 36.4 Å². The van der Waals surface area contributed by atoms with Crippen molar-refractivity contribution in [1.82, 2.24) is 0 Å². The lowest BCUT2D eigenvalue weighted by Gasteiger charge is -2.21. The number of hydrogen-bond donors (Lipinski definition) is 0. The topological polar surface area (TPSA) is 66.9 Å². The Labute approximate surface area is 244 Å². The van der Waals surface area contributed by atoms with Crippen LogP contribution in [0.5, 0.6) is 0 Å². The van der Waals surface area contributed by atoms with Crippen LogP contribution in [-0.4, -0.2) is 26.2 Å². The van der Waals surface area contributed by atoms with Crippen LogP contribution in [0.1, 0.15) is 27.7 Å². The average molecular weight is 559 g/mol. The molecule has 0 amide bonds. The number of benzene rings is 4. The first-order valence-corrected chi connectivity index (χ1v) is 14.6. The SMILES string of the molecule is CCN(CC)c1ccc2cc(-c3cccc4c(-c5cc6ccc(N(CC)CC)cc6oc5=O)cccc34)c(=O)oc2c1. The monoisotopic (exact) mass is 558 g/mol. The Bertz CT molecular complexity index is 1900. The smallest absolute Gasteiger partial charge is 0.344 e. The van der Waals surface area contributed by atoms with Crippen molar-refractivity contribution < 1.29 is 8.83 Å². The molecule has 0 unspecified atom stereocenters. The fourth-order valence-corrected chi connectivity index (χ4v) is 5.93. The first-order chi connectivity index (χ1) is 20.4. The minimum atomic E-state index is -0.397. The van der Waals surface area contributed by atoms with E-state index in [-0.39, 0.29) is 0 Å². The molecule has 0 bridgehead atoms. The number of nitrogens with zero attached hydrogens (tertiary/aromatic N) is 2. The van der Waals surface area contributed by atoms with Crippen LogP contribution in [-0.2, 0) is 0 Å². The second-order valence-corrected chi connectivity index (χ2v) is 10.4. The maximum Gasteiger partial charge on any atom is 0.344 e. The zero-order valence-electron chi connectivity index (χ0n) is 24.4. The van der Waals surface area contributed by atoms with Gasteiger partial charge in [0.15, 0.2) is 0 Å². The minimum Gasteiger partial charge on any atom is -0.422 e. The van der Waals surface area contributed by atoms with Crippen molar-refractivity contribution in [3.63, 3.8) is 0 Å². The van der Waals surface area contributed by atoms with Gasteiger partial charge in [0.05, 0.1) is 11.1 Å². The Morgan fingerprint density at radius 3 is 1.29 bits per heavy atom. The summed E-state index contributed by atoms with van der Waals surface area (Å²) in [6.07, 6.45) is 0. The van der Waals surface area contributed by atoms with E-state index in [1.165, 1.54) is 0 Å². The summed E-state index contributed by atoms with van der Waals surface area (Å²) in [7, 11) is 0. The van der Waals surface area contributed by atoms with Crippen LogP contribution in [0.3, 0.4) is 0 Å². The number of fused-ring (bicyclic) bond motifs is 3. The summed E-state index contributed by atoms with van der Waals surface area (Å²) in [5.74, 6) is 0. The van der Waals surface area contributed by atoms with E-state index in [0.29, 0.717) is 22.3 Å². The highest BCUT2D eigenvalue weighted by Gasteiger charge is 2.16. The Morgan fingerprint density at radius 2 is 0.905 bits per heavy atom. The molecule has 0 atom stereocenters. The lowest BCUT2D eigenvalue weighted by Crippen LogP contribution is -2.21. The van der Waals surface area contributed by atoms with E-state index >= 15 is 0 Å². The molecule has 0 radical (unpaired) electrons. The fraction of sp³-hybridized carbons (Fsp3) is 0.222. The van der Waals surface area contributed by atoms with Crippen LogP contribution in [0, 0.1) is 0 Å². The van der Waals surface area contributed by atoms with Crippen molar-refractivity contribution >= 4 is 44.1 Å². The summed E-state index contributed by atoms with van der Waals surface area (Å²) in [6, 6.07) is 27.4. The van der Waals surface area contributed by atoms with Gasteiger partial charge in [-0.25, -0.2) is 9.59 Å². The second-order valence-electron chi connectivity index (χ2n) is 10.4. The van der Waals surface area contributed by atoms with Gasteiger partial charge >= 0.3 is 11.3 Å². The van der Waals surface area contributed by atoms with Gasteiger partial charge in [0.25, 0.3) is 0 Å². The molecule has 0 aliphatic heterocycles. The summed E-state index contributed by atoms with van der Waals surface area (Å²) >= 11 is 0. The van der Waals surface area contributed by atoms with E-state index in [2.05, 4.69) is 49.6 Å². The Kier molecular flexibility index (Phi) is 7.29. The first-order valence-electron chi connectivity index (χ1n) is 14.6. The summed E-state index contributed by atoms with van der Waals surface area (Å²) < 4.78 is 11.7. The van der Waals surface area contributed by atoms with Gasteiger partial charge in [-0.2, -0.15) is 0 Å². The molecule has 0 aliphatic rings. The summed E-state index contributed by atoms with van der Waals surface area (Å²) in [5.41, 5.74) is 4.86. The quantitative estimate of drug-likeness (QED) is 0.176. The molecular formula is C36H34N2O4. The molecule has 0 aliphatic carbocycles. The third kappa shape index (κ3) is 4.73. The van der Waals surface area contributed by atoms with Gasteiger partial charge in [-0.05, 0) is 86.0 Å². The molecule has 6 rings (SSSR count). The molecule has 2 heterocycles. The number of anilines is 2. The maximum atomic E-state index is 13.3. The van der Waals surface area contributed by atoms with E-state index in [1.807, 2.05) is 72.8 Å². The van der Waals surface area contributed by atoms with Crippen LogP contribution >= 0.6 is 0 Å². The summed E-state index contributed by atoms with van der Waals surface area (Å²) in [4.78, 5) is 31.1. The van der Waals surface area contributed by atoms with Crippen LogP contribution in [0.4, 0.5) is 11.4 Å². The average Bonchev–Trinajstić information content (AvgIpc) is 3.01. The van der Waals surface area contributed by atoms with E-state index in [4.69, 9.17) is 8.83 Å². The zero-order valence-corrected chi connectivity index (χ0v) is 24.4. The molecule has 6 nitrogen and oxygen atoms in total. The third-order valence-electron chi connectivity index (χ3n) is 8.20. The predicted molar refractivity (Wildman–Crippen MR) is 174 cm³/mol. The molecule has 0 saturated heterocycles. The summed E-state index contributed by atoms with van der Waals surface area (Å²) in [6.45, 7) is 11.9. The van der Waals surface area contributed by atoms with Gasteiger partial charge in [-0.15, -0.1) is 0 Å². The van der Waals surface area contributed by atoms with Crippen molar-refractivity contribution in [3.8, 4) is 22.3 Å². The lowest BCUT2D eigenvalue weighted by molar-refractivity contribution is 0.563. The van der Waals surface area contributed by atoms with E-state index in [9.17, 15) is 9.59 Å². The van der Waals surface area contributed by atoms with Crippen LogP contribution < -0.4 is 21.1 Å². The van der Waals surface area contributed by atoms with Gasteiger partial charge in [0.2, 0.25) is 0 Å². The minimum absolute atomic E-state index is 0.397. The van der Waals surface area contributed by atoms with Crippen LogP contribution in [0.2, 0.25) is 0 Å². The number of hydrogen-bond acceptors (Lipinski definition) is 6. The van der Waals surface area contributed by atoms with Crippen LogP contribution in [0.15, 0.2) is 103 Å². The summed E-state index contributed by atoms with van der Waals surface area (Å²) in [5, 5.41) is 3.43. The normalized spacial score (nSPS) is 11.4. The van der Waals surface area contributed by atoms with Gasteiger partial charge in [0.1, 0.15) is 11.2 Å². The Hall–Kier alpha value is -4.84. The molecule has 0 fully saturated rings. The highest BCUT2D eigenvalue weighted by atomic mass is 16.4. The first kappa shape index (κ1) is 27.3. The van der Waals surface area contributed by atoms with Crippen molar-refractivity contribution in [3.05, 3.63) is 106 Å². The van der Waals surface area contributed by atoms with E-state index < -0.39 is 11.3 Å². The van der Waals surface area contributed by atoms with Gasteiger partial charge < -0.3 is 18.6 Å². The molecule has 212 valence electrons. The maximum absolute atomic E-state index is 13.3. The van der Waals surface area contributed by atoms with Crippen molar-refractivity contribution in [2.75, 3.05) is 36.0 Å².